The standard InChI is InChI=1S/C9H20F3NSi/c1-8(6-14(2,3)4)5-13-7-9(10,11)12/h8,13H,5-7H2,1-4H3. The zero-order valence-electron chi connectivity index (χ0n) is 9.33. The summed E-state index contributed by atoms with van der Waals surface area (Å²) in [6, 6.07) is 1.07. The van der Waals surface area contributed by atoms with Crippen LogP contribution >= 0.6 is 0 Å². The lowest BCUT2D eigenvalue weighted by molar-refractivity contribution is -0.124. The van der Waals surface area contributed by atoms with E-state index in [2.05, 4.69) is 25.0 Å². The van der Waals surface area contributed by atoms with E-state index in [1.807, 2.05) is 6.92 Å². The van der Waals surface area contributed by atoms with E-state index in [-0.39, 0.29) is 0 Å². The highest BCUT2D eigenvalue weighted by molar-refractivity contribution is 6.76. The molecule has 0 aromatic rings. The molecule has 1 atom stereocenters. The fourth-order valence-electron chi connectivity index (χ4n) is 1.58. The van der Waals surface area contributed by atoms with Gasteiger partial charge in [-0.15, -0.1) is 0 Å². The molecule has 0 saturated carbocycles. The zero-order valence-corrected chi connectivity index (χ0v) is 10.3. The number of hydrogen-bond donors (Lipinski definition) is 1. The molecule has 0 heterocycles. The highest BCUT2D eigenvalue weighted by Gasteiger charge is 2.26. The van der Waals surface area contributed by atoms with Crippen LogP contribution in [0.4, 0.5) is 13.2 Å². The van der Waals surface area contributed by atoms with Gasteiger partial charge < -0.3 is 5.32 Å². The summed E-state index contributed by atoms with van der Waals surface area (Å²) in [7, 11) is -1.14. The quantitative estimate of drug-likeness (QED) is 0.712. The van der Waals surface area contributed by atoms with Gasteiger partial charge in [-0.2, -0.15) is 13.2 Å². The van der Waals surface area contributed by atoms with Crippen LogP contribution in [0.2, 0.25) is 25.7 Å². The molecule has 0 aliphatic heterocycles. The van der Waals surface area contributed by atoms with Gasteiger partial charge in [-0.1, -0.05) is 32.6 Å². The number of hydrogen-bond acceptors (Lipinski definition) is 1. The van der Waals surface area contributed by atoms with Crippen molar-refractivity contribution in [1.82, 2.24) is 5.32 Å². The van der Waals surface area contributed by atoms with Crippen LogP contribution in [0.5, 0.6) is 0 Å². The van der Waals surface area contributed by atoms with E-state index in [0.29, 0.717) is 12.5 Å². The SMILES string of the molecule is CC(CNCC(F)(F)F)C[Si](C)(C)C. The predicted octanol–water partition coefficient (Wildman–Crippen LogP) is 3.11. The summed E-state index contributed by atoms with van der Waals surface area (Å²) in [6.07, 6.45) is -4.08. The van der Waals surface area contributed by atoms with E-state index in [4.69, 9.17) is 0 Å². The Morgan fingerprint density at radius 2 is 1.71 bits per heavy atom. The third kappa shape index (κ3) is 10.1. The van der Waals surface area contributed by atoms with Gasteiger partial charge in [-0.3, -0.25) is 0 Å². The van der Waals surface area contributed by atoms with E-state index in [9.17, 15) is 13.2 Å². The van der Waals surface area contributed by atoms with E-state index in [1.54, 1.807) is 0 Å². The van der Waals surface area contributed by atoms with Crippen molar-refractivity contribution in [2.75, 3.05) is 13.1 Å². The predicted molar refractivity (Wildman–Crippen MR) is 56.2 cm³/mol. The van der Waals surface area contributed by atoms with E-state index >= 15 is 0 Å². The molecule has 0 fully saturated rings. The fraction of sp³-hybridized carbons (Fsp3) is 1.00. The molecular weight excluding hydrogens is 207 g/mol. The van der Waals surface area contributed by atoms with Gasteiger partial charge in [0, 0.05) is 8.07 Å². The van der Waals surface area contributed by atoms with Gasteiger partial charge in [0.2, 0.25) is 0 Å². The lowest BCUT2D eigenvalue weighted by Gasteiger charge is -2.21. The first kappa shape index (κ1) is 14.0. The van der Waals surface area contributed by atoms with Crippen LogP contribution < -0.4 is 5.32 Å². The molecule has 0 rings (SSSR count). The van der Waals surface area contributed by atoms with Gasteiger partial charge >= 0.3 is 6.18 Å². The molecule has 1 N–H and O–H groups in total. The number of rotatable bonds is 5. The topological polar surface area (TPSA) is 12.0 Å². The molecule has 1 unspecified atom stereocenters. The molecule has 0 aliphatic rings. The lowest BCUT2D eigenvalue weighted by Crippen LogP contribution is -2.34. The van der Waals surface area contributed by atoms with Crippen molar-refractivity contribution in [3.8, 4) is 0 Å². The second-order valence-corrected chi connectivity index (χ2v) is 10.6. The maximum atomic E-state index is 11.8. The Labute approximate surface area is 85.1 Å². The monoisotopic (exact) mass is 227 g/mol. The summed E-state index contributed by atoms with van der Waals surface area (Å²) in [5.41, 5.74) is 0. The molecule has 5 heteroatoms. The van der Waals surface area contributed by atoms with Crippen LogP contribution in [0.25, 0.3) is 0 Å². The molecule has 0 saturated heterocycles. The van der Waals surface area contributed by atoms with Gasteiger partial charge in [-0.05, 0) is 12.5 Å². The van der Waals surface area contributed by atoms with Crippen LogP contribution in [0, 0.1) is 5.92 Å². The first-order chi connectivity index (χ1) is 6.10. The van der Waals surface area contributed by atoms with Gasteiger partial charge in [-0.25, -0.2) is 0 Å². The van der Waals surface area contributed by atoms with Gasteiger partial charge in [0.25, 0.3) is 0 Å². The minimum atomic E-state index is -4.08. The lowest BCUT2D eigenvalue weighted by atomic mass is 10.2. The molecule has 0 bridgehead atoms. The summed E-state index contributed by atoms with van der Waals surface area (Å²) in [4.78, 5) is 0. The molecule has 0 aliphatic carbocycles. The van der Waals surface area contributed by atoms with E-state index < -0.39 is 20.8 Å². The Balaban J connectivity index is 3.60. The van der Waals surface area contributed by atoms with Crippen LogP contribution in [-0.2, 0) is 0 Å². The summed E-state index contributed by atoms with van der Waals surface area (Å²) in [6.45, 7) is 8.28. The van der Waals surface area contributed by atoms with E-state index in [0.717, 1.165) is 6.04 Å². The fourth-order valence-corrected chi connectivity index (χ4v) is 3.81. The van der Waals surface area contributed by atoms with Crippen LogP contribution in [0.15, 0.2) is 0 Å². The molecule has 0 aromatic carbocycles. The maximum absolute atomic E-state index is 11.8. The molecule has 86 valence electrons. The second kappa shape index (κ2) is 5.16. The molecule has 0 aromatic heterocycles. The Hall–Kier alpha value is -0.0331. The number of halogens is 3. The largest absolute Gasteiger partial charge is 0.401 e. The summed E-state index contributed by atoms with van der Waals surface area (Å²) in [5.74, 6) is 0.337. The van der Waals surface area contributed by atoms with Crippen LogP contribution in [-0.4, -0.2) is 27.3 Å². The Morgan fingerprint density at radius 3 is 2.07 bits per heavy atom. The molecule has 0 amide bonds. The van der Waals surface area contributed by atoms with Crippen LogP contribution in [0.3, 0.4) is 0 Å². The van der Waals surface area contributed by atoms with Crippen molar-refractivity contribution in [1.29, 1.82) is 0 Å². The average molecular weight is 227 g/mol. The summed E-state index contributed by atoms with van der Waals surface area (Å²) in [5, 5.41) is 2.44. The van der Waals surface area contributed by atoms with E-state index in [1.165, 1.54) is 0 Å². The van der Waals surface area contributed by atoms with Crippen molar-refractivity contribution in [3.63, 3.8) is 0 Å². The minimum absolute atomic E-state index is 0.337. The van der Waals surface area contributed by atoms with Crippen molar-refractivity contribution in [2.24, 2.45) is 5.92 Å². The average Bonchev–Trinajstić information content (AvgIpc) is 1.78. The Morgan fingerprint density at radius 1 is 1.21 bits per heavy atom. The maximum Gasteiger partial charge on any atom is 0.401 e. The molecule has 0 radical (unpaired) electrons. The van der Waals surface area contributed by atoms with Gasteiger partial charge in [0.15, 0.2) is 0 Å². The smallest absolute Gasteiger partial charge is 0.308 e. The molecule has 0 spiro atoms. The van der Waals surface area contributed by atoms with Crippen LogP contribution in [0.1, 0.15) is 6.92 Å². The highest BCUT2D eigenvalue weighted by atomic mass is 28.3. The number of nitrogens with one attached hydrogen (secondary N) is 1. The second-order valence-electron chi connectivity index (χ2n) is 5.12. The third-order valence-corrected chi connectivity index (χ3v) is 3.70. The van der Waals surface area contributed by atoms with Crippen molar-refractivity contribution in [2.45, 2.75) is 38.8 Å². The van der Waals surface area contributed by atoms with Gasteiger partial charge in [0.1, 0.15) is 0 Å². The Bertz CT molecular complexity index is 162. The first-order valence-electron chi connectivity index (χ1n) is 4.88. The highest BCUT2D eigenvalue weighted by Crippen LogP contribution is 2.16. The van der Waals surface area contributed by atoms with Crippen molar-refractivity contribution in [3.05, 3.63) is 0 Å². The van der Waals surface area contributed by atoms with Crippen molar-refractivity contribution >= 4 is 8.07 Å². The molecule has 1 nitrogen and oxygen atoms in total. The summed E-state index contributed by atoms with van der Waals surface area (Å²) < 4.78 is 35.4. The van der Waals surface area contributed by atoms with Crippen molar-refractivity contribution < 1.29 is 13.2 Å². The number of alkyl halides is 3. The third-order valence-electron chi connectivity index (χ3n) is 1.78. The van der Waals surface area contributed by atoms with Gasteiger partial charge in [0.05, 0.1) is 6.54 Å². The molecular formula is C9H20F3NSi. The Kier molecular flexibility index (Phi) is 5.15. The zero-order chi connectivity index (χ0) is 11.4. The summed E-state index contributed by atoms with van der Waals surface area (Å²) >= 11 is 0. The minimum Gasteiger partial charge on any atom is -0.308 e. The first-order valence-corrected chi connectivity index (χ1v) is 8.58. The molecule has 14 heavy (non-hydrogen) atoms. The normalized spacial score (nSPS) is 15.6.